The number of hydrogen-bond acceptors (Lipinski definition) is 2. The second kappa shape index (κ2) is 4.67. The van der Waals surface area contributed by atoms with E-state index in [2.05, 4.69) is 13.8 Å². The summed E-state index contributed by atoms with van der Waals surface area (Å²) in [5, 5.41) is 10.0. The Bertz CT molecular complexity index is 312. The molecule has 78 valence electrons. The van der Waals surface area contributed by atoms with Crippen molar-refractivity contribution in [2.75, 3.05) is 0 Å². The first-order valence-corrected chi connectivity index (χ1v) is 5.13. The zero-order chi connectivity index (χ0) is 10.7. The van der Waals surface area contributed by atoms with Gasteiger partial charge in [-0.2, -0.15) is 0 Å². The highest BCUT2D eigenvalue weighted by Crippen LogP contribution is 2.32. The molecular weight excluding hydrogens is 198 g/mol. The Morgan fingerprint density at radius 3 is 2.64 bits per heavy atom. The minimum absolute atomic E-state index is 0.113. The summed E-state index contributed by atoms with van der Waals surface area (Å²) in [7, 11) is 0. The van der Waals surface area contributed by atoms with Crippen LogP contribution in [0.5, 0.6) is 5.75 Å². The minimum atomic E-state index is -0.145. The van der Waals surface area contributed by atoms with Gasteiger partial charge in [-0.05, 0) is 18.4 Å². The van der Waals surface area contributed by atoms with Gasteiger partial charge in [-0.1, -0.05) is 37.6 Å². The van der Waals surface area contributed by atoms with Crippen LogP contribution in [-0.2, 0) is 0 Å². The van der Waals surface area contributed by atoms with Gasteiger partial charge >= 0.3 is 0 Å². The van der Waals surface area contributed by atoms with Crippen molar-refractivity contribution in [3.63, 3.8) is 0 Å². The first-order valence-electron chi connectivity index (χ1n) is 4.75. The maximum Gasteiger partial charge on any atom is 0.138 e. The Morgan fingerprint density at radius 2 is 2.07 bits per heavy atom. The molecule has 1 atom stereocenters. The molecule has 0 saturated carbocycles. The van der Waals surface area contributed by atoms with Crippen molar-refractivity contribution >= 4 is 11.6 Å². The van der Waals surface area contributed by atoms with E-state index in [9.17, 15) is 5.11 Å². The lowest BCUT2D eigenvalue weighted by atomic mass is 9.97. The largest absolute Gasteiger partial charge is 0.506 e. The molecule has 0 amide bonds. The number of phenols is 1. The van der Waals surface area contributed by atoms with E-state index < -0.39 is 0 Å². The fourth-order valence-corrected chi connectivity index (χ4v) is 1.65. The maximum atomic E-state index is 9.67. The van der Waals surface area contributed by atoms with Crippen LogP contribution in [0.2, 0.25) is 5.02 Å². The van der Waals surface area contributed by atoms with E-state index in [1.807, 2.05) is 6.07 Å². The van der Waals surface area contributed by atoms with Gasteiger partial charge < -0.3 is 10.8 Å². The van der Waals surface area contributed by atoms with Gasteiger partial charge in [-0.3, -0.25) is 0 Å². The predicted octanol–water partition coefficient (Wildman–Crippen LogP) is 3.09. The number of phenolic OH excluding ortho intramolecular Hbond substituents is 1. The van der Waals surface area contributed by atoms with Crippen LogP contribution in [0.15, 0.2) is 18.2 Å². The van der Waals surface area contributed by atoms with Crippen LogP contribution in [-0.4, -0.2) is 5.11 Å². The molecule has 0 aliphatic rings. The Balaban J connectivity index is 2.89. The lowest BCUT2D eigenvalue weighted by Crippen LogP contribution is -2.13. The summed E-state index contributed by atoms with van der Waals surface area (Å²) in [4.78, 5) is 0. The van der Waals surface area contributed by atoms with Crippen molar-refractivity contribution in [3.05, 3.63) is 28.8 Å². The number of nitrogens with two attached hydrogens (primary N) is 1. The summed E-state index contributed by atoms with van der Waals surface area (Å²) in [5.41, 5.74) is 6.67. The number of rotatable bonds is 3. The van der Waals surface area contributed by atoms with Gasteiger partial charge in [-0.25, -0.2) is 0 Å². The Morgan fingerprint density at radius 1 is 1.43 bits per heavy atom. The third-order valence-electron chi connectivity index (χ3n) is 2.14. The molecule has 0 aliphatic carbocycles. The summed E-state index contributed by atoms with van der Waals surface area (Å²) < 4.78 is 0. The highest BCUT2D eigenvalue weighted by molar-refractivity contribution is 6.32. The van der Waals surface area contributed by atoms with Crippen LogP contribution in [0.3, 0.4) is 0 Å². The lowest BCUT2D eigenvalue weighted by Gasteiger charge is -2.16. The van der Waals surface area contributed by atoms with E-state index in [4.69, 9.17) is 17.3 Å². The predicted molar refractivity (Wildman–Crippen MR) is 59.5 cm³/mol. The molecule has 0 spiro atoms. The number of hydrogen-bond donors (Lipinski definition) is 2. The second-order valence-corrected chi connectivity index (χ2v) is 4.32. The van der Waals surface area contributed by atoms with E-state index in [1.165, 1.54) is 0 Å². The van der Waals surface area contributed by atoms with Gasteiger partial charge in [0.1, 0.15) is 5.75 Å². The summed E-state index contributed by atoms with van der Waals surface area (Å²) in [6.07, 6.45) is 0.841. The monoisotopic (exact) mass is 213 g/mol. The number of benzene rings is 1. The Hall–Kier alpha value is -0.730. The molecule has 0 bridgehead atoms. The van der Waals surface area contributed by atoms with Crippen molar-refractivity contribution < 1.29 is 5.11 Å². The average Bonchev–Trinajstić information content (AvgIpc) is 2.08. The molecule has 0 unspecified atom stereocenters. The highest BCUT2D eigenvalue weighted by atomic mass is 35.5. The van der Waals surface area contributed by atoms with Gasteiger partial charge in [0.05, 0.1) is 5.02 Å². The van der Waals surface area contributed by atoms with E-state index in [-0.39, 0.29) is 11.8 Å². The molecule has 0 heterocycles. The maximum absolute atomic E-state index is 9.67. The lowest BCUT2D eigenvalue weighted by molar-refractivity contribution is 0.445. The molecule has 0 radical (unpaired) electrons. The third kappa shape index (κ3) is 2.63. The van der Waals surface area contributed by atoms with Crippen LogP contribution in [0.4, 0.5) is 0 Å². The van der Waals surface area contributed by atoms with Gasteiger partial charge in [0.25, 0.3) is 0 Å². The fourth-order valence-electron chi connectivity index (χ4n) is 1.47. The summed E-state index contributed by atoms with van der Waals surface area (Å²) in [5.74, 6) is 0.616. The summed E-state index contributed by atoms with van der Waals surface area (Å²) in [6.45, 7) is 4.20. The molecular formula is C11H16ClNO. The van der Waals surface area contributed by atoms with Crippen LogP contribution in [0.1, 0.15) is 31.9 Å². The first-order chi connectivity index (χ1) is 6.52. The smallest absolute Gasteiger partial charge is 0.138 e. The number of halogens is 1. The van der Waals surface area contributed by atoms with Crippen LogP contribution in [0, 0.1) is 5.92 Å². The van der Waals surface area contributed by atoms with Gasteiger partial charge in [0.2, 0.25) is 0 Å². The SMILES string of the molecule is CC(C)C[C@H](N)c1cccc(Cl)c1O. The van der Waals surface area contributed by atoms with E-state index in [1.54, 1.807) is 12.1 Å². The average molecular weight is 214 g/mol. The zero-order valence-electron chi connectivity index (χ0n) is 8.50. The highest BCUT2D eigenvalue weighted by Gasteiger charge is 2.13. The number of aromatic hydroxyl groups is 1. The normalized spacial score (nSPS) is 13.2. The molecule has 1 rings (SSSR count). The molecule has 0 saturated heterocycles. The van der Waals surface area contributed by atoms with Gasteiger partial charge in [0, 0.05) is 11.6 Å². The van der Waals surface area contributed by atoms with Crippen molar-refractivity contribution in [3.8, 4) is 5.75 Å². The topological polar surface area (TPSA) is 46.2 Å². The van der Waals surface area contributed by atoms with Gasteiger partial charge in [0.15, 0.2) is 0 Å². The molecule has 14 heavy (non-hydrogen) atoms. The van der Waals surface area contributed by atoms with Crippen LogP contribution in [0.25, 0.3) is 0 Å². The molecule has 3 N–H and O–H groups in total. The molecule has 0 aliphatic heterocycles. The third-order valence-corrected chi connectivity index (χ3v) is 2.45. The van der Waals surface area contributed by atoms with E-state index in [0.717, 1.165) is 12.0 Å². The van der Waals surface area contributed by atoms with Crippen molar-refractivity contribution in [1.82, 2.24) is 0 Å². The molecule has 1 aromatic rings. The quantitative estimate of drug-likeness (QED) is 0.811. The van der Waals surface area contributed by atoms with Crippen LogP contribution >= 0.6 is 11.6 Å². The molecule has 1 aromatic carbocycles. The fraction of sp³-hybridized carbons (Fsp3) is 0.455. The van der Waals surface area contributed by atoms with E-state index in [0.29, 0.717) is 10.9 Å². The van der Waals surface area contributed by atoms with Crippen molar-refractivity contribution in [1.29, 1.82) is 0 Å². The first kappa shape index (κ1) is 11.3. The number of para-hydroxylation sites is 1. The standard InChI is InChI=1S/C11H16ClNO/c1-7(2)6-10(13)8-4-3-5-9(12)11(8)14/h3-5,7,10,14H,6,13H2,1-2H3/t10-/m0/s1. The van der Waals surface area contributed by atoms with Crippen molar-refractivity contribution in [2.24, 2.45) is 11.7 Å². The zero-order valence-corrected chi connectivity index (χ0v) is 9.25. The second-order valence-electron chi connectivity index (χ2n) is 3.91. The summed E-state index contributed by atoms with van der Waals surface area (Å²) >= 11 is 5.79. The molecule has 0 fully saturated rings. The van der Waals surface area contributed by atoms with Gasteiger partial charge in [-0.15, -0.1) is 0 Å². The van der Waals surface area contributed by atoms with Crippen molar-refractivity contribution in [2.45, 2.75) is 26.3 Å². The summed E-state index contributed by atoms with van der Waals surface area (Å²) in [6, 6.07) is 5.13. The Kier molecular flexibility index (Phi) is 3.78. The molecule has 2 nitrogen and oxygen atoms in total. The Labute approximate surface area is 89.7 Å². The molecule has 0 aromatic heterocycles. The van der Waals surface area contributed by atoms with Crippen LogP contribution < -0.4 is 5.73 Å². The minimum Gasteiger partial charge on any atom is -0.506 e. The van der Waals surface area contributed by atoms with E-state index >= 15 is 0 Å². The molecule has 3 heteroatoms.